The molecule has 0 spiro atoms. The van der Waals surface area contributed by atoms with Crippen LogP contribution in [0, 0.1) is 6.92 Å². The van der Waals surface area contributed by atoms with Crippen LogP contribution in [0.3, 0.4) is 0 Å². The first-order valence-corrected chi connectivity index (χ1v) is 5.85. The van der Waals surface area contributed by atoms with E-state index >= 15 is 0 Å². The second-order valence-corrected chi connectivity index (χ2v) is 4.55. The fourth-order valence-electron chi connectivity index (χ4n) is 1.73. The maximum Gasteiger partial charge on any atom is 0.129 e. The van der Waals surface area contributed by atoms with Crippen molar-refractivity contribution in [1.29, 1.82) is 0 Å². The number of hydrogen-bond acceptors (Lipinski definition) is 3. The summed E-state index contributed by atoms with van der Waals surface area (Å²) in [6.07, 6.45) is 3.53. The Labute approximate surface area is 106 Å². The molecule has 0 saturated heterocycles. The zero-order valence-corrected chi connectivity index (χ0v) is 10.7. The molecule has 0 aromatic carbocycles. The van der Waals surface area contributed by atoms with Crippen LogP contribution in [0.4, 0.5) is 0 Å². The van der Waals surface area contributed by atoms with Gasteiger partial charge in [0.05, 0.1) is 6.26 Å². The second-order valence-electron chi connectivity index (χ2n) is 4.16. The molecule has 0 unspecified atom stereocenters. The average Bonchev–Trinajstić information content (AvgIpc) is 2.68. The Morgan fingerprint density at radius 1 is 1.29 bits per heavy atom. The number of pyridine rings is 1. The normalized spacial score (nSPS) is 11.1. The first-order chi connectivity index (χ1) is 8.15. The molecule has 0 amide bonds. The lowest BCUT2D eigenvalue weighted by atomic mass is 10.2. The first kappa shape index (κ1) is 12.1. The largest absolute Gasteiger partial charge is 0.469 e. The molecule has 0 aliphatic rings. The van der Waals surface area contributed by atoms with Gasteiger partial charge in [0.25, 0.3) is 0 Å². The van der Waals surface area contributed by atoms with Crippen molar-refractivity contribution >= 4 is 11.6 Å². The molecule has 2 aromatic rings. The molecule has 0 saturated carbocycles. The summed E-state index contributed by atoms with van der Waals surface area (Å²) >= 11 is 5.75. The van der Waals surface area contributed by atoms with E-state index in [9.17, 15) is 0 Å². The van der Waals surface area contributed by atoms with E-state index in [1.54, 1.807) is 12.5 Å². The molecular formula is C13H15ClN2O. The molecule has 0 bridgehead atoms. The number of hydrogen-bond donors (Lipinski definition) is 0. The Balaban J connectivity index is 1.95. The Hall–Kier alpha value is -1.32. The predicted octanol–water partition coefficient (Wildman–Crippen LogP) is 3.27. The number of rotatable bonds is 4. The maximum absolute atomic E-state index is 5.75. The predicted molar refractivity (Wildman–Crippen MR) is 67.9 cm³/mol. The Kier molecular flexibility index (Phi) is 3.82. The third-order valence-electron chi connectivity index (χ3n) is 2.65. The molecular weight excluding hydrogens is 236 g/mol. The number of aryl methyl sites for hydroxylation is 1. The van der Waals surface area contributed by atoms with Crippen molar-refractivity contribution in [1.82, 2.24) is 9.88 Å². The van der Waals surface area contributed by atoms with Gasteiger partial charge in [0, 0.05) is 24.8 Å². The minimum Gasteiger partial charge on any atom is -0.469 e. The molecule has 0 radical (unpaired) electrons. The summed E-state index contributed by atoms with van der Waals surface area (Å²) in [4.78, 5) is 6.28. The van der Waals surface area contributed by atoms with Crippen LogP contribution in [0.25, 0.3) is 0 Å². The number of halogens is 1. The Bertz CT molecular complexity index is 478. The molecule has 2 heterocycles. The summed E-state index contributed by atoms with van der Waals surface area (Å²) in [7, 11) is 2.07. The third kappa shape index (κ3) is 3.32. The highest BCUT2D eigenvalue weighted by atomic mass is 35.5. The van der Waals surface area contributed by atoms with Gasteiger partial charge in [0.2, 0.25) is 0 Å². The van der Waals surface area contributed by atoms with Gasteiger partial charge in [-0.15, -0.1) is 0 Å². The van der Waals surface area contributed by atoms with Crippen LogP contribution < -0.4 is 0 Å². The highest BCUT2D eigenvalue weighted by molar-refractivity contribution is 6.29. The summed E-state index contributed by atoms with van der Waals surface area (Å²) in [5.41, 5.74) is 2.37. The number of aromatic nitrogens is 1. The molecule has 0 N–H and O–H groups in total. The Morgan fingerprint density at radius 3 is 2.71 bits per heavy atom. The van der Waals surface area contributed by atoms with Gasteiger partial charge in [-0.2, -0.15) is 0 Å². The molecule has 3 nitrogen and oxygen atoms in total. The van der Waals surface area contributed by atoms with Gasteiger partial charge in [-0.3, -0.25) is 4.90 Å². The van der Waals surface area contributed by atoms with E-state index in [-0.39, 0.29) is 0 Å². The lowest BCUT2D eigenvalue weighted by Crippen LogP contribution is -2.17. The van der Waals surface area contributed by atoms with Crippen LogP contribution >= 0.6 is 11.6 Å². The summed E-state index contributed by atoms with van der Waals surface area (Å²) < 4.78 is 5.27. The smallest absolute Gasteiger partial charge is 0.129 e. The molecule has 90 valence electrons. The van der Waals surface area contributed by atoms with Crippen LogP contribution in [0.5, 0.6) is 0 Å². The van der Waals surface area contributed by atoms with Gasteiger partial charge in [-0.1, -0.05) is 17.7 Å². The van der Waals surface area contributed by atoms with Gasteiger partial charge >= 0.3 is 0 Å². The minimum absolute atomic E-state index is 0.530. The SMILES string of the molecule is Cc1occc1CN(C)Cc1ccc(Cl)nc1. The number of nitrogens with zero attached hydrogens (tertiary/aromatic N) is 2. The fraction of sp³-hybridized carbons (Fsp3) is 0.308. The minimum atomic E-state index is 0.530. The lowest BCUT2D eigenvalue weighted by Gasteiger charge is -2.15. The van der Waals surface area contributed by atoms with E-state index in [1.165, 1.54) is 5.56 Å². The van der Waals surface area contributed by atoms with Crippen molar-refractivity contribution in [2.24, 2.45) is 0 Å². The van der Waals surface area contributed by atoms with E-state index in [0.29, 0.717) is 5.15 Å². The lowest BCUT2D eigenvalue weighted by molar-refractivity contribution is 0.316. The molecule has 0 aliphatic heterocycles. The zero-order valence-electron chi connectivity index (χ0n) is 9.98. The summed E-state index contributed by atoms with van der Waals surface area (Å²) in [5.74, 6) is 0.978. The van der Waals surface area contributed by atoms with E-state index in [1.807, 2.05) is 25.1 Å². The van der Waals surface area contributed by atoms with E-state index in [4.69, 9.17) is 16.0 Å². The van der Waals surface area contributed by atoms with Crippen molar-refractivity contribution in [3.05, 3.63) is 52.7 Å². The van der Waals surface area contributed by atoms with Crippen molar-refractivity contribution in [3.63, 3.8) is 0 Å². The highest BCUT2D eigenvalue weighted by Crippen LogP contribution is 2.13. The van der Waals surface area contributed by atoms with Crippen LogP contribution in [0.15, 0.2) is 35.1 Å². The van der Waals surface area contributed by atoms with Crippen LogP contribution in [-0.4, -0.2) is 16.9 Å². The summed E-state index contributed by atoms with van der Waals surface area (Å²) in [6.45, 7) is 3.69. The monoisotopic (exact) mass is 250 g/mol. The van der Waals surface area contributed by atoms with Gasteiger partial charge in [-0.25, -0.2) is 4.98 Å². The topological polar surface area (TPSA) is 29.3 Å². The van der Waals surface area contributed by atoms with Crippen LogP contribution in [-0.2, 0) is 13.1 Å². The molecule has 17 heavy (non-hydrogen) atoms. The van der Waals surface area contributed by atoms with Crippen LogP contribution in [0.1, 0.15) is 16.9 Å². The average molecular weight is 251 g/mol. The Morgan fingerprint density at radius 2 is 2.12 bits per heavy atom. The van der Waals surface area contributed by atoms with Crippen molar-refractivity contribution in [2.45, 2.75) is 20.0 Å². The van der Waals surface area contributed by atoms with Gasteiger partial charge in [0.15, 0.2) is 0 Å². The van der Waals surface area contributed by atoms with E-state index < -0.39 is 0 Å². The van der Waals surface area contributed by atoms with E-state index in [2.05, 4.69) is 16.9 Å². The van der Waals surface area contributed by atoms with Crippen LogP contribution in [0.2, 0.25) is 5.15 Å². The van der Waals surface area contributed by atoms with Crippen molar-refractivity contribution in [3.8, 4) is 0 Å². The zero-order chi connectivity index (χ0) is 12.3. The van der Waals surface area contributed by atoms with Gasteiger partial charge in [-0.05, 0) is 31.7 Å². The maximum atomic E-state index is 5.75. The molecule has 0 atom stereocenters. The number of furan rings is 1. The highest BCUT2D eigenvalue weighted by Gasteiger charge is 2.06. The van der Waals surface area contributed by atoms with Crippen molar-refractivity contribution in [2.75, 3.05) is 7.05 Å². The first-order valence-electron chi connectivity index (χ1n) is 5.47. The molecule has 2 aromatic heterocycles. The second kappa shape index (κ2) is 5.34. The van der Waals surface area contributed by atoms with Crippen molar-refractivity contribution < 1.29 is 4.42 Å². The van der Waals surface area contributed by atoms with E-state index in [0.717, 1.165) is 24.4 Å². The third-order valence-corrected chi connectivity index (χ3v) is 2.87. The van der Waals surface area contributed by atoms with Gasteiger partial charge < -0.3 is 4.42 Å². The fourth-order valence-corrected chi connectivity index (χ4v) is 1.85. The molecule has 4 heteroatoms. The molecule has 2 rings (SSSR count). The standard InChI is InChI=1S/C13H15ClN2O/c1-10-12(5-6-17-10)9-16(2)8-11-3-4-13(14)15-7-11/h3-7H,8-9H2,1-2H3. The quantitative estimate of drug-likeness (QED) is 0.780. The molecule has 0 aliphatic carbocycles. The summed E-state index contributed by atoms with van der Waals surface area (Å²) in [6, 6.07) is 5.81. The summed E-state index contributed by atoms with van der Waals surface area (Å²) in [5, 5.41) is 0.530. The molecule has 0 fully saturated rings. The van der Waals surface area contributed by atoms with Gasteiger partial charge in [0.1, 0.15) is 10.9 Å².